The van der Waals surface area contributed by atoms with Crippen LogP contribution >= 0.6 is 0 Å². The van der Waals surface area contributed by atoms with E-state index in [-0.39, 0.29) is 5.56 Å². The lowest BCUT2D eigenvalue weighted by Gasteiger charge is -1.86. The van der Waals surface area contributed by atoms with Gasteiger partial charge in [-0.15, -0.1) is 0 Å². The van der Waals surface area contributed by atoms with Gasteiger partial charge in [0.15, 0.2) is 0 Å². The lowest BCUT2D eigenvalue weighted by atomic mass is 10.4. The molecule has 0 fully saturated rings. The number of hydrogen-bond acceptors (Lipinski definition) is 1. The lowest BCUT2D eigenvalue weighted by Crippen LogP contribution is -1.74. The molecule has 8 heavy (non-hydrogen) atoms. The number of rotatable bonds is 1. The number of alkyl halides is 2. The van der Waals surface area contributed by atoms with Crippen LogP contribution in [0.5, 0.6) is 0 Å². The van der Waals surface area contributed by atoms with E-state index in [0.717, 1.165) is 6.26 Å². The summed E-state index contributed by atoms with van der Waals surface area (Å²) in [4.78, 5) is 0. The molecule has 1 nitrogen and oxygen atoms in total. The Morgan fingerprint density at radius 3 is 2.50 bits per heavy atom. The van der Waals surface area contributed by atoms with E-state index in [0.29, 0.717) is 0 Å². The number of hydrogen-bond donors (Lipinski definition) is 0. The fraction of sp³-hybridized carbons (Fsp3) is 0.200. The number of furan rings is 1. The van der Waals surface area contributed by atoms with Crippen LogP contribution in [0, 0.1) is 0 Å². The quantitative estimate of drug-likeness (QED) is 0.551. The predicted octanol–water partition coefficient (Wildman–Crippen LogP) is 2.22. The van der Waals surface area contributed by atoms with Gasteiger partial charge in [-0.2, -0.15) is 0 Å². The van der Waals surface area contributed by atoms with Crippen LogP contribution in [-0.2, 0) is 0 Å². The zero-order chi connectivity index (χ0) is 5.98. The van der Waals surface area contributed by atoms with Gasteiger partial charge >= 0.3 is 0 Å². The van der Waals surface area contributed by atoms with Crippen LogP contribution < -0.4 is 0 Å². The van der Waals surface area contributed by atoms with Gasteiger partial charge in [-0.25, -0.2) is 8.78 Å². The van der Waals surface area contributed by atoms with Gasteiger partial charge in [-0.05, 0) is 6.07 Å². The van der Waals surface area contributed by atoms with Crippen molar-refractivity contribution in [2.45, 2.75) is 6.43 Å². The molecule has 0 unspecified atom stereocenters. The first-order valence-electron chi connectivity index (χ1n) is 2.11. The Morgan fingerprint density at radius 1 is 1.50 bits per heavy atom. The summed E-state index contributed by atoms with van der Waals surface area (Å²) in [7, 11) is 0. The standard InChI is InChI=1S/C5H4F2O/c6-5(7)4-1-2-8-3-4/h1-3,5H. The first-order valence-corrected chi connectivity index (χ1v) is 2.11. The molecule has 0 spiro atoms. The highest BCUT2D eigenvalue weighted by molar-refractivity contribution is 5.05. The molecule has 0 aliphatic carbocycles. The summed E-state index contributed by atoms with van der Waals surface area (Å²) in [6.45, 7) is 0. The zero-order valence-corrected chi connectivity index (χ0v) is 3.97. The van der Waals surface area contributed by atoms with Gasteiger partial charge in [0.1, 0.15) is 0 Å². The summed E-state index contributed by atoms with van der Waals surface area (Å²) in [5.74, 6) is 0. The topological polar surface area (TPSA) is 13.1 Å². The summed E-state index contributed by atoms with van der Waals surface area (Å²) in [5.41, 5.74) is -0.0648. The molecule has 1 heterocycles. The van der Waals surface area contributed by atoms with Gasteiger partial charge < -0.3 is 4.42 Å². The van der Waals surface area contributed by atoms with E-state index in [1.54, 1.807) is 0 Å². The van der Waals surface area contributed by atoms with Crippen LogP contribution in [0.2, 0.25) is 0 Å². The van der Waals surface area contributed by atoms with Gasteiger partial charge in [0, 0.05) is 0 Å². The molecule has 0 aromatic carbocycles. The predicted molar refractivity (Wildman–Crippen MR) is 23.7 cm³/mol. The van der Waals surface area contributed by atoms with Crippen LogP contribution in [0.1, 0.15) is 12.0 Å². The van der Waals surface area contributed by atoms with Gasteiger partial charge in [0.05, 0.1) is 18.1 Å². The summed E-state index contributed by atoms with van der Waals surface area (Å²) in [5, 5.41) is 0. The Labute approximate surface area is 44.9 Å². The maximum absolute atomic E-state index is 11.5. The highest BCUT2D eigenvalue weighted by Gasteiger charge is 2.05. The minimum atomic E-state index is -2.41. The van der Waals surface area contributed by atoms with Crippen LogP contribution in [0.3, 0.4) is 0 Å². The van der Waals surface area contributed by atoms with Gasteiger partial charge in [-0.1, -0.05) is 0 Å². The first-order chi connectivity index (χ1) is 3.80. The molecule has 0 amide bonds. The van der Waals surface area contributed by atoms with Crippen molar-refractivity contribution in [2.75, 3.05) is 0 Å². The summed E-state index contributed by atoms with van der Waals surface area (Å²) in [6, 6.07) is 1.24. The van der Waals surface area contributed by atoms with Crippen molar-refractivity contribution in [3.8, 4) is 0 Å². The van der Waals surface area contributed by atoms with Crippen LogP contribution in [0.15, 0.2) is 23.0 Å². The minimum Gasteiger partial charge on any atom is -0.472 e. The van der Waals surface area contributed by atoms with Crippen molar-refractivity contribution in [1.82, 2.24) is 0 Å². The van der Waals surface area contributed by atoms with E-state index in [2.05, 4.69) is 4.42 Å². The molecule has 0 saturated carbocycles. The van der Waals surface area contributed by atoms with Crippen molar-refractivity contribution >= 4 is 0 Å². The highest BCUT2D eigenvalue weighted by Crippen LogP contribution is 2.17. The zero-order valence-electron chi connectivity index (χ0n) is 3.97. The molecule has 0 radical (unpaired) electrons. The van der Waals surface area contributed by atoms with Crippen molar-refractivity contribution in [1.29, 1.82) is 0 Å². The molecular formula is C5H4F2O. The van der Waals surface area contributed by atoms with Crippen molar-refractivity contribution in [2.24, 2.45) is 0 Å². The average molecular weight is 118 g/mol. The molecular weight excluding hydrogens is 114 g/mol. The Bertz CT molecular complexity index is 145. The van der Waals surface area contributed by atoms with Gasteiger partial charge in [0.2, 0.25) is 0 Å². The molecule has 1 aromatic heterocycles. The Kier molecular flexibility index (Phi) is 1.28. The molecule has 44 valence electrons. The molecule has 1 aromatic rings. The van der Waals surface area contributed by atoms with E-state index >= 15 is 0 Å². The maximum atomic E-state index is 11.5. The SMILES string of the molecule is FC(F)c1ccoc1. The molecule has 0 aliphatic rings. The Hall–Kier alpha value is -0.860. The molecule has 0 saturated heterocycles. The van der Waals surface area contributed by atoms with E-state index in [1.807, 2.05) is 0 Å². The largest absolute Gasteiger partial charge is 0.472 e. The average Bonchev–Trinajstić information content (AvgIpc) is 2.12. The maximum Gasteiger partial charge on any atom is 0.266 e. The smallest absolute Gasteiger partial charge is 0.266 e. The Morgan fingerprint density at radius 2 is 2.25 bits per heavy atom. The van der Waals surface area contributed by atoms with E-state index in [4.69, 9.17) is 0 Å². The van der Waals surface area contributed by atoms with Gasteiger partial charge in [-0.3, -0.25) is 0 Å². The lowest BCUT2D eigenvalue weighted by molar-refractivity contribution is 0.150. The van der Waals surface area contributed by atoms with Crippen molar-refractivity contribution < 1.29 is 13.2 Å². The first kappa shape index (κ1) is 5.28. The van der Waals surface area contributed by atoms with E-state index < -0.39 is 6.43 Å². The fourth-order valence-electron chi connectivity index (χ4n) is 0.399. The molecule has 0 aliphatic heterocycles. The van der Waals surface area contributed by atoms with Crippen molar-refractivity contribution in [3.63, 3.8) is 0 Å². The molecule has 1 rings (SSSR count). The van der Waals surface area contributed by atoms with E-state index in [1.165, 1.54) is 12.3 Å². The summed E-state index contributed by atoms with van der Waals surface area (Å²) in [6.07, 6.45) is -0.152. The third kappa shape index (κ3) is 0.857. The van der Waals surface area contributed by atoms with Crippen LogP contribution in [0.4, 0.5) is 8.78 Å². The fourth-order valence-corrected chi connectivity index (χ4v) is 0.399. The van der Waals surface area contributed by atoms with Crippen LogP contribution in [0.25, 0.3) is 0 Å². The Balaban J connectivity index is 2.77. The minimum absolute atomic E-state index is 0.0648. The second-order valence-electron chi connectivity index (χ2n) is 1.36. The second-order valence-corrected chi connectivity index (χ2v) is 1.36. The normalized spacial score (nSPS) is 10.4. The highest BCUT2D eigenvalue weighted by atomic mass is 19.3. The second kappa shape index (κ2) is 1.94. The third-order valence-electron chi connectivity index (χ3n) is 0.795. The third-order valence-corrected chi connectivity index (χ3v) is 0.795. The van der Waals surface area contributed by atoms with Crippen LogP contribution in [-0.4, -0.2) is 0 Å². The summed E-state index contributed by atoms with van der Waals surface area (Å²) < 4.78 is 27.5. The monoisotopic (exact) mass is 118 g/mol. The summed E-state index contributed by atoms with van der Waals surface area (Å²) >= 11 is 0. The molecule has 0 bridgehead atoms. The number of halogens is 2. The molecule has 0 atom stereocenters. The van der Waals surface area contributed by atoms with Gasteiger partial charge in [0.25, 0.3) is 6.43 Å². The van der Waals surface area contributed by atoms with E-state index in [9.17, 15) is 8.78 Å². The van der Waals surface area contributed by atoms with Crippen molar-refractivity contribution in [3.05, 3.63) is 24.2 Å². The molecule has 0 N–H and O–H groups in total. The molecule has 3 heteroatoms.